The van der Waals surface area contributed by atoms with Crippen molar-refractivity contribution in [3.05, 3.63) is 29.8 Å². The second kappa shape index (κ2) is 6.65. The first-order valence-electron chi connectivity index (χ1n) is 6.54. The van der Waals surface area contributed by atoms with Crippen molar-refractivity contribution in [1.29, 1.82) is 0 Å². The molecular formula is C14H18N2O3S. The van der Waals surface area contributed by atoms with Crippen LogP contribution in [0, 0.1) is 0 Å². The summed E-state index contributed by atoms with van der Waals surface area (Å²) in [4.78, 5) is 23.1. The molecule has 1 aromatic rings. The number of benzene rings is 1. The fraction of sp³-hybridized carbons (Fsp3) is 0.429. The predicted octanol–water partition coefficient (Wildman–Crippen LogP) is 2.79. The maximum atomic E-state index is 12.0. The van der Waals surface area contributed by atoms with Crippen LogP contribution in [0.25, 0.3) is 0 Å². The highest BCUT2D eigenvalue weighted by molar-refractivity contribution is 7.99. The van der Waals surface area contributed by atoms with Crippen LogP contribution in [-0.2, 0) is 0 Å². The summed E-state index contributed by atoms with van der Waals surface area (Å²) in [6.45, 7) is 0. The van der Waals surface area contributed by atoms with Crippen LogP contribution in [0.3, 0.4) is 0 Å². The number of carbonyl (C=O) groups excluding carboxylic acids is 1. The van der Waals surface area contributed by atoms with Crippen molar-refractivity contribution >= 4 is 29.4 Å². The largest absolute Gasteiger partial charge is 0.478 e. The van der Waals surface area contributed by atoms with E-state index < -0.39 is 5.97 Å². The van der Waals surface area contributed by atoms with Crippen LogP contribution in [0.5, 0.6) is 0 Å². The number of carboxylic acid groups (broad SMARTS) is 1. The molecule has 1 aliphatic rings. The van der Waals surface area contributed by atoms with Crippen LogP contribution >= 0.6 is 11.8 Å². The molecule has 0 radical (unpaired) electrons. The van der Waals surface area contributed by atoms with Gasteiger partial charge in [-0.15, -0.1) is 0 Å². The smallest absolute Gasteiger partial charge is 0.337 e. The zero-order valence-corrected chi connectivity index (χ0v) is 12.1. The monoisotopic (exact) mass is 294 g/mol. The highest BCUT2D eigenvalue weighted by atomic mass is 32.2. The van der Waals surface area contributed by atoms with Gasteiger partial charge in [-0.25, -0.2) is 9.59 Å². The third kappa shape index (κ3) is 3.45. The molecule has 2 atom stereocenters. The number of hydrogen-bond donors (Lipinski definition) is 3. The first-order chi connectivity index (χ1) is 9.61. The molecule has 3 N–H and O–H groups in total. The number of carbonyl (C=O) groups is 2. The van der Waals surface area contributed by atoms with Gasteiger partial charge in [0, 0.05) is 11.3 Å². The molecule has 0 aromatic heterocycles. The summed E-state index contributed by atoms with van der Waals surface area (Å²) in [7, 11) is 0. The van der Waals surface area contributed by atoms with E-state index in [1.54, 1.807) is 30.0 Å². The molecule has 20 heavy (non-hydrogen) atoms. The fourth-order valence-corrected chi connectivity index (χ4v) is 3.41. The Balaban J connectivity index is 2.00. The summed E-state index contributed by atoms with van der Waals surface area (Å²) in [5.41, 5.74) is 0.409. The number of nitrogens with one attached hydrogen (secondary N) is 2. The summed E-state index contributed by atoms with van der Waals surface area (Å²) >= 11 is 1.76. The molecule has 1 saturated carbocycles. The molecule has 2 rings (SSSR count). The number of hydrogen-bond acceptors (Lipinski definition) is 3. The predicted molar refractivity (Wildman–Crippen MR) is 80.5 cm³/mol. The zero-order chi connectivity index (χ0) is 14.5. The van der Waals surface area contributed by atoms with E-state index in [0.29, 0.717) is 10.9 Å². The van der Waals surface area contributed by atoms with Crippen molar-refractivity contribution in [2.75, 3.05) is 11.6 Å². The molecule has 108 valence electrons. The van der Waals surface area contributed by atoms with E-state index in [9.17, 15) is 9.59 Å². The second-order valence-electron chi connectivity index (χ2n) is 4.76. The topological polar surface area (TPSA) is 78.4 Å². The van der Waals surface area contributed by atoms with Gasteiger partial charge >= 0.3 is 12.0 Å². The molecule has 0 aliphatic heterocycles. The van der Waals surface area contributed by atoms with Crippen molar-refractivity contribution < 1.29 is 14.7 Å². The molecule has 2 unspecified atom stereocenters. The minimum atomic E-state index is -1.05. The zero-order valence-electron chi connectivity index (χ0n) is 11.3. The maximum Gasteiger partial charge on any atom is 0.337 e. The Hall–Kier alpha value is -1.69. The van der Waals surface area contributed by atoms with E-state index in [1.165, 1.54) is 6.07 Å². The Morgan fingerprint density at radius 2 is 2.05 bits per heavy atom. The van der Waals surface area contributed by atoms with Crippen molar-refractivity contribution in [3.8, 4) is 0 Å². The van der Waals surface area contributed by atoms with Gasteiger partial charge in [0.1, 0.15) is 0 Å². The van der Waals surface area contributed by atoms with Gasteiger partial charge in [-0.3, -0.25) is 0 Å². The van der Waals surface area contributed by atoms with Crippen LogP contribution in [0.4, 0.5) is 10.5 Å². The molecule has 0 bridgehead atoms. The third-order valence-electron chi connectivity index (χ3n) is 3.48. The second-order valence-corrected chi connectivity index (χ2v) is 5.84. The van der Waals surface area contributed by atoms with Crippen molar-refractivity contribution in [2.24, 2.45) is 0 Å². The Kier molecular flexibility index (Phi) is 4.89. The minimum absolute atomic E-state index is 0.0930. The van der Waals surface area contributed by atoms with E-state index in [1.807, 2.05) is 6.26 Å². The lowest BCUT2D eigenvalue weighted by Crippen LogP contribution is -2.41. The average molecular weight is 294 g/mol. The average Bonchev–Trinajstić information content (AvgIpc) is 2.86. The quantitative estimate of drug-likeness (QED) is 0.798. The number of rotatable bonds is 4. The van der Waals surface area contributed by atoms with Gasteiger partial charge in [-0.1, -0.05) is 18.6 Å². The fourth-order valence-electron chi connectivity index (χ4n) is 2.48. The molecule has 1 aromatic carbocycles. The van der Waals surface area contributed by atoms with E-state index in [-0.39, 0.29) is 17.6 Å². The summed E-state index contributed by atoms with van der Waals surface area (Å²) in [5.74, 6) is -1.05. The van der Waals surface area contributed by atoms with Crippen molar-refractivity contribution in [2.45, 2.75) is 30.6 Å². The number of thioether (sulfide) groups is 1. The molecule has 2 amide bonds. The molecule has 0 spiro atoms. The number of aromatic carboxylic acids is 1. The number of urea groups is 1. The first kappa shape index (κ1) is 14.7. The summed E-state index contributed by atoms with van der Waals surface area (Å²) in [6, 6.07) is 6.20. The van der Waals surface area contributed by atoms with Gasteiger partial charge in [-0.2, -0.15) is 11.8 Å². The SMILES string of the molecule is CSC1CCCC1NC(=O)Nc1ccccc1C(=O)O. The first-order valence-corrected chi connectivity index (χ1v) is 7.83. The maximum absolute atomic E-state index is 12.0. The van der Waals surface area contributed by atoms with Gasteiger partial charge in [0.2, 0.25) is 0 Å². The third-order valence-corrected chi connectivity index (χ3v) is 4.65. The van der Waals surface area contributed by atoms with E-state index in [0.717, 1.165) is 19.3 Å². The van der Waals surface area contributed by atoms with Gasteiger partial charge in [-0.05, 0) is 31.2 Å². The lowest BCUT2D eigenvalue weighted by Gasteiger charge is -2.19. The molecule has 1 aliphatic carbocycles. The van der Waals surface area contributed by atoms with Crippen LogP contribution in [0.2, 0.25) is 0 Å². The summed E-state index contributed by atoms with van der Waals surface area (Å²) in [5, 5.41) is 15.1. The van der Waals surface area contributed by atoms with E-state index >= 15 is 0 Å². The molecule has 6 heteroatoms. The summed E-state index contributed by atoms with van der Waals surface area (Å²) < 4.78 is 0. The number of amides is 2. The van der Waals surface area contributed by atoms with Gasteiger partial charge in [0.05, 0.1) is 11.3 Å². The van der Waals surface area contributed by atoms with Gasteiger partial charge in [0.15, 0.2) is 0 Å². The van der Waals surface area contributed by atoms with Gasteiger partial charge in [0.25, 0.3) is 0 Å². The Labute approximate surface area is 122 Å². The van der Waals surface area contributed by atoms with Gasteiger partial charge < -0.3 is 15.7 Å². The number of para-hydroxylation sites is 1. The van der Waals surface area contributed by atoms with Crippen LogP contribution in [0.15, 0.2) is 24.3 Å². The lowest BCUT2D eigenvalue weighted by atomic mass is 10.2. The Morgan fingerprint density at radius 3 is 2.75 bits per heavy atom. The van der Waals surface area contributed by atoms with Crippen LogP contribution in [-0.4, -0.2) is 34.7 Å². The molecular weight excluding hydrogens is 276 g/mol. The highest BCUT2D eigenvalue weighted by Crippen LogP contribution is 2.28. The van der Waals surface area contributed by atoms with Crippen LogP contribution in [0.1, 0.15) is 29.6 Å². The number of anilines is 1. The van der Waals surface area contributed by atoms with Crippen molar-refractivity contribution in [1.82, 2.24) is 5.32 Å². The standard InChI is InChI=1S/C14H18N2O3S/c1-20-12-8-4-7-11(12)16-14(19)15-10-6-3-2-5-9(10)13(17)18/h2-3,5-6,11-12H,4,7-8H2,1H3,(H,17,18)(H2,15,16,19). The lowest BCUT2D eigenvalue weighted by molar-refractivity contribution is 0.0698. The molecule has 5 nitrogen and oxygen atoms in total. The highest BCUT2D eigenvalue weighted by Gasteiger charge is 2.27. The minimum Gasteiger partial charge on any atom is -0.478 e. The summed E-state index contributed by atoms with van der Waals surface area (Å²) in [6.07, 6.45) is 5.24. The number of carboxylic acids is 1. The van der Waals surface area contributed by atoms with E-state index in [2.05, 4.69) is 10.6 Å². The Bertz CT molecular complexity index is 507. The normalized spacial score (nSPS) is 21.4. The molecule has 1 fully saturated rings. The van der Waals surface area contributed by atoms with E-state index in [4.69, 9.17) is 5.11 Å². The van der Waals surface area contributed by atoms with Crippen molar-refractivity contribution in [3.63, 3.8) is 0 Å². The van der Waals surface area contributed by atoms with Crippen LogP contribution < -0.4 is 10.6 Å². The molecule has 0 saturated heterocycles. The Morgan fingerprint density at radius 1 is 1.30 bits per heavy atom. The molecule has 0 heterocycles.